The van der Waals surface area contributed by atoms with Gasteiger partial charge in [0.25, 0.3) is 5.91 Å². The van der Waals surface area contributed by atoms with E-state index in [2.05, 4.69) is 22.4 Å². The molecular formula is C19H20N2O2S. The number of hydrogen-bond acceptors (Lipinski definition) is 3. The Labute approximate surface area is 145 Å². The van der Waals surface area contributed by atoms with Crippen LogP contribution in [0.4, 0.5) is 0 Å². The molecule has 2 aliphatic rings. The van der Waals surface area contributed by atoms with Crippen LogP contribution in [0.1, 0.15) is 63.0 Å². The molecule has 1 aliphatic carbocycles. The number of H-pyrrole nitrogens is 1. The molecule has 5 heteroatoms. The summed E-state index contributed by atoms with van der Waals surface area (Å²) in [5.74, 6) is 1.05. The van der Waals surface area contributed by atoms with Crippen LogP contribution in [-0.4, -0.2) is 22.4 Å². The average Bonchev–Trinajstić information content (AvgIpc) is 2.93. The van der Waals surface area contributed by atoms with Crippen LogP contribution in [-0.2, 0) is 6.42 Å². The van der Waals surface area contributed by atoms with Crippen LogP contribution in [0, 0.1) is 6.92 Å². The minimum Gasteiger partial charge on any atom is -0.354 e. The normalized spacial score (nSPS) is 19.5. The Hall–Kier alpha value is -2.01. The Morgan fingerprint density at radius 1 is 1.29 bits per heavy atom. The van der Waals surface area contributed by atoms with E-state index >= 15 is 0 Å². The lowest BCUT2D eigenvalue weighted by Gasteiger charge is -2.25. The summed E-state index contributed by atoms with van der Waals surface area (Å²) in [6.07, 6.45) is 3.21. The van der Waals surface area contributed by atoms with Crippen molar-refractivity contribution in [2.75, 3.05) is 5.75 Å². The summed E-state index contributed by atoms with van der Waals surface area (Å²) in [5, 5.41) is 3.16. The number of ketones is 1. The summed E-state index contributed by atoms with van der Waals surface area (Å²) in [5.41, 5.74) is 4.20. The predicted molar refractivity (Wildman–Crippen MR) is 94.8 cm³/mol. The van der Waals surface area contributed by atoms with E-state index in [0.717, 1.165) is 41.8 Å². The second-order valence-corrected chi connectivity index (χ2v) is 7.59. The first-order valence-corrected chi connectivity index (χ1v) is 9.41. The minimum atomic E-state index is -0.110. The van der Waals surface area contributed by atoms with Gasteiger partial charge in [-0.25, -0.2) is 0 Å². The number of Topliss-reactive ketones (excluding diaryl/α,β-unsaturated/α-hetero) is 1. The number of hydrogen-bond donors (Lipinski definition) is 2. The van der Waals surface area contributed by atoms with Gasteiger partial charge in [0, 0.05) is 28.3 Å². The smallest absolute Gasteiger partial charge is 0.268 e. The molecule has 24 heavy (non-hydrogen) atoms. The van der Waals surface area contributed by atoms with E-state index in [1.807, 2.05) is 30.8 Å². The predicted octanol–water partition coefficient (Wildman–Crippen LogP) is 3.81. The van der Waals surface area contributed by atoms with Gasteiger partial charge in [0.2, 0.25) is 0 Å². The maximum absolute atomic E-state index is 12.8. The van der Waals surface area contributed by atoms with Crippen molar-refractivity contribution in [2.45, 2.75) is 43.5 Å². The van der Waals surface area contributed by atoms with Crippen molar-refractivity contribution in [3.63, 3.8) is 0 Å². The standard InChI is InChI=1S/C19H20N2O2S/c1-11-17-14(6-4-7-15(17)22)20-18(11)19(23)21-13-9-10-24-16-8-3-2-5-12(13)16/h2-3,5,8,13,20H,4,6-7,9-10H2,1H3,(H,21,23)/t13-/m1/s1. The molecule has 2 aromatic rings. The molecular weight excluding hydrogens is 320 g/mol. The summed E-state index contributed by atoms with van der Waals surface area (Å²) in [4.78, 5) is 29.4. The largest absolute Gasteiger partial charge is 0.354 e. The molecule has 0 saturated carbocycles. The SMILES string of the molecule is Cc1c(C(=O)N[C@@H]2CCSc3ccccc32)[nH]c2c1C(=O)CCC2. The van der Waals surface area contributed by atoms with Crippen molar-refractivity contribution >= 4 is 23.5 Å². The van der Waals surface area contributed by atoms with Crippen LogP contribution in [0.2, 0.25) is 0 Å². The van der Waals surface area contributed by atoms with Crippen LogP contribution in [0.5, 0.6) is 0 Å². The second kappa shape index (κ2) is 6.13. The number of nitrogens with one attached hydrogen (secondary N) is 2. The van der Waals surface area contributed by atoms with Crippen molar-refractivity contribution in [1.29, 1.82) is 0 Å². The van der Waals surface area contributed by atoms with E-state index in [9.17, 15) is 9.59 Å². The molecule has 1 aromatic heterocycles. The third-order valence-corrected chi connectivity index (χ3v) is 6.05. The first-order chi connectivity index (χ1) is 11.6. The lowest BCUT2D eigenvalue weighted by atomic mass is 9.93. The topological polar surface area (TPSA) is 62.0 Å². The van der Waals surface area contributed by atoms with Gasteiger partial charge in [-0.1, -0.05) is 18.2 Å². The third kappa shape index (κ3) is 2.57. The van der Waals surface area contributed by atoms with Gasteiger partial charge in [0.15, 0.2) is 5.78 Å². The van der Waals surface area contributed by atoms with Crippen molar-refractivity contribution in [2.24, 2.45) is 0 Å². The number of carbonyl (C=O) groups is 2. The second-order valence-electron chi connectivity index (χ2n) is 6.46. The molecule has 4 nitrogen and oxygen atoms in total. The zero-order valence-corrected chi connectivity index (χ0v) is 14.5. The fourth-order valence-corrected chi connectivity index (χ4v) is 4.85. The van der Waals surface area contributed by atoms with Gasteiger partial charge in [-0.05, 0) is 43.4 Å². The van der Waals surface area contributed by atoms with Crippen molar-refractivity contribution in [3.05, 3.63) is 52.3 Å². The zero-order chi connectivity index (χ0) is 16.7. The number of carbonyl (C=O) groups excluding carboxylic acids is 2. The van der Waals surface area contributed by atoms with Crippen molar-refractivity contribution in [1.82, 2.24) is 10.3 Å². The fraction of sp³-hybridized carbons (Fsp3) is 0.368. The number of aromatic amines is 1. The molecule has 0 unspecified atom stereocenters. The van der Waals surface area contributed by atoms with Gasteiger partial charge in [-0.3, -0.25) is 9.59 Å². The molecule has 0 saturated heterocycles. The summed E-state index contributed by atoms with van der Waals surface area (Å²) in [6, 6.07) is 8.27. The van der Waals surface area contributed by atoms with E-state index in [1.54, 1.807) is 0 Å². The van der Waals surface area contributed by atoms with Crippen LogP contribution < -0.4 is 5.32 Å². The van der Waals surface area contributed by atoms with Crippen molar-refractivity contribution < 1.29 is 9.59 Å². The molecule has 1 aromatic carbocycles. The van der Waals surface area contributed by atoms with Gasteiger partial charge < -0.3 is 10.3 Å². The highest BCUT2D eigenvalue weighted by atomic mass is 32.2. The Morgan fingerprint density at radius 2 is 2.12 bits per heavy atom. The van der Waals surface area contributed by atoms with E-state index < -0.39 is 0 Å². The molecule has 1 aliphatic heterocycles. The summed E-state index contributed by atoms with van der Waals surface area (Å²) >= 11 is 1.84. The highest BCUT2D eigenvalue weighted by Gasteiger charge is 2.28. The molecule has 1 amide bonds. The Bertz CT molecular complexity index is 825. The number of fused-ring (bicyclic) bond motifs is 2. The lowest BCUT2D eigenvalue weighted by Crippen LogP contribution is -2.31. The highest BCUT2D eigenvalue weighted by Crippen LogP contribution is 2.36. The quantitative estimate of drug-likeness (QED) is 0.874. The van der Waals surface area contributed by atoms with E-state index in [0.29, 0.717) is 12.1 Å². The number of rotatable bonds is 2. The van der Waals surface area contributed by atoms with Crippen LogP contribution >= 0.6 is 11.8 Å². The van der Waals surface area contributed by atoms with Crippen LogP contribution in [0.15, 0.2) is 29.2 Å². The molecule has 0 spiro atoms. The highest BCUT2D eigenvalue weighted by molar-refractivity contribution is 7.99. The van der Waals surface area contributed by atoms with Gasteiger partial charge in [0.05, 0.1) is 6.04 Å². The molecule has 124 valence electrons. The minimum absolute atomic E-state index is 0.0328. The average molecular weight is 340 g/mol. The van der Waals surface area contributed by atoms with E-state index in [4.69, 9.17) is 0 Å². The Morgan fingerprint density at radius 3 is 2.96 bits per heavy atom. The molecule has 0 fully saturated rings. The third-order valence-electron chi connectivity index (χ3n) is 4.93. The van der Waals surface area contributed by atoms with Crippen LogP contribution in [0.3, 0.4) is 0 Å². The fourth-order valence-electron chi connectivity index (χ4n) is 3.72. The molecule has 4 rings (SSSR count). The molecule has 0 bridgehead atoms. The summed E-state index contributed by atoms with van der Waals surface area (Å²) in [6.45, 7) is 1.87. The number of aryl methyl sites for hydroxylation is 1. The van der Waals surface area contributed by atoms with Gasteiger partial charge in [-0.2, -0.15) is 0 Å². The zero-order valence-electron chi connectivity index (χ0n) is 13.6. The first kappa shape index (κ1) is 15.5. The molecule has 0 radical (unpaired) electrons. The lowest BCUT2D eigenvalue weighted by molar-refractivity contribution is 0.0929. The Kier molecular flexibility index (Phi) is 3.96. The number of aromatic nitrogens is 1. The first-order valence-electron chi connectivity index (χ1n) is 8.42. The maximum Gasteiger partial charge on any atom is 0.268 e. The molecule has 2 N–H and O–H groups in total. The summed E-state index contributed by atoms with van der Waals surface area (Å²) < 4.78 is 0. The Balaban J connectivity index is 1.61. The van der Waals surface area contributed by atoms with Crippen LogP contribution in [0.25, 0.3) is 0 Å². The van der Waals surface area contributed by atoms with E-state index in [-0.39, 0.29) is 17.7 Å². The van der Waals surface area contributed by atoms with Gasteiger partial charge >= 0.3 is 0 Å². The number of thioether (sulfide) groups is 1. The molecule has 1 atom stereocenters. The number of amides is 1. The van der Waals surface area contributed by atoms with Crippen molar-refractivity contribution in [3.8, 4) is 0 Å². The number of benzene rings is 1. The molecule has 2 heterocycles. The van der Waals surface area contributed by atoms with E-state index in [1.165, 1.54) is 10.5 Å². The summed E-state index contributed by atoms with van der Waals surface area (Å²) in [7, 11) is 0. The maximum atomic E-state index is 12.8. The monoisotopic (exact) mass is 340 g/mol. The van der Waals surface area contributed by atoms with Gasteiger partial charge in [-0.15, -0.1) is 11.8 Å². The van der Waals surface area contributed by atoms with Gasteiger partial charge in [0.1, 0.15) is 5.69 Å².